The van der Waals surface area contributed by atoms with Crippen LogP contribution in [-0.4, -0.2) is 25.8 Å². The summed E-state index contributed by atoms with van der Waals surface area (Å²) in [4.78, 5) is -0.0292. The molecule has 0 spiro atoms. The lowest BCUT2D eigenvalue weighted by molar-refractivity contribution is 0.269. The molecular formula is C13H18Cl2N2O2S. The van der Waals surface area contributed by atoms with Crippen LogP contribution in [0.3, 0.4) is 0 Å². The second-order valence-corrected chi connectivity index (χ2v) is 7.78. The molecule has 1 aromatic carbocycles. The monoisotopic (exact) mass is 336 g/mol. The van der Waals surface area contributed by atoms with Gasteiger partial charge in [0.2, 0.25) is 10.0 Å². The van der Waals surface area contributed by atoms with Crippen LogP contribution in [0.25, 0.3) is 0 Å². The third-order valence-electron chi connectivity index (χ3n) is 3.79. The van der Waals surface area contributed by atoms with E-state index in [1.54, 1.807) is 0 Å². The van der Waals surface area contributed by atoms with Gasteiger partial charge in [-0.25, -0.2) is 8.42 Å². The molecule has 112 valence electrons. The summed E-state index contributed by atoms with van der Waals surface area (Å²) < 4.78 is 26.8. The van der Waals surface area contributed by atoms with Gasteiger partial charge in [-0.05, 0) is 30.9 Å². The van der Waals surface area contributed by atoms with Crippen LogP contribution in [0, 0.1) is 5.92 Å². The Hall–Kier alpha value is -0.490. The van der Waals surface area contributed by atoms with E-state index in [0.717, 1.165) is 19.3 Å². The highest BCUT2D eigenvalue weighted by Gasteiger charge is 2.32. The average molecular weight is 337 g/mol. The molecule has 7 heteroatoms. The molecule has 2 N–H and O–H groups in total. The number of sulfonamides is 1. The molecule has 0 aliphatic carbocycles. The Bertz CT molecular complexity index is 573. The minimum Gasteiger partial charge on any atom is -0.398 e. The van der Waals surface area contributed by atoms with Gasteiger partial charge in [-0.1, -0.05) is 36.5 Å². The molecule has 0 radical (unpaired) electrons. The summed E-state index contributed by atoms with van der Waals surface area (Å²) in [6, 6.07) is 2.82. The number of nitrogen functional groups attached to an aromatic ring is 1. The average Bonchev–Trinajstić information content (AvgIpc) is 2.37. The zero-order chi connectivity index (χ0) is 14.9. The van der Waals surface area contributed by atoms with Crippen LogP contribution in [0.5, 0.6) is 0 Å². The second-order valence-electron chi connectivity index (χ2n) is 5.06. The molecule has 0 atom stereocenters. The van der Waals surface area contributed by atoms with Crippen molar-refractivity contribution < 1.29 is 8.42 Å². The number of piperidine rings is 1. The standard InChI is InChI=1S/C13H18Cl2N2O2S/c1-2-9-3-5-17(6-4-9)20(18,19)13-11(15)7-10(14)8-12(13)16/h7-9H,2-6,16H2,1H3. The Morgan fingerprint density at radius 2 is 1.90 bits per heavy atom. The fourth-order valence-corrected chi connectivity index (χ4v) is 4.95. The van der Waals surface area contributed by atoms with Crippen molar-refractivity contribution in [3.05, 3.63) is 22.2 Å². The van der Waals surface area contributed by atoms with Crippen molar-refractivity contribution in [2.45, 2.75) is 31.1 Å². The molecule has 0 bridgehead atoms. The minimum atomic E-state index is -3.65. The van der Waals surface area contributed by atoms with Crippen molar-refractivity contribution in [1.29, 1.82) is 0 Å². The van der Waals surface area contributed by atoms with E-state index in [2.05, 4.69) is 6.92 Å². The summed E-state index contributed by atoms with van der Waals surface area (Å²) in [7, 11) is -3.65. The first-order valence-electron chi connectivity index (χ1n) is 6.61. The lowest BCUT2D eigenvalue weighted by Gasteiger charge is -2.31. The lowest BCUT2D eigenvalue weighted by Crippen LogP contribution is -2.38. The Kier molecular flexibility index (Phi) is 4.84. The number of hydrogen-bond donors (Lipinski definition) is 1. The summed E-state index contributed by atoms with van der Waals surface area (Å²) >= 11 is 11.8. The van der Waals surface area contributed by atoms with Gasteiger partial charge in [-0.3, -0.25) is 0 Å². The molecule has 0 amide bonds. The predicted octanol–water partition coefficient (Wildman–Crippen LogP) is 3.39. The van der Waals surface area contributed by atoms with Crippen LogP contribution in [0.15, 0.2) is 17.0 Å². The fraction of sp³-hybridized carbons (Fsp3) is 0.538. The van der Waals surface area contributed by atoms with Crippen molar-refractivity contribution in [2.24, 2.45) is 5.92 Å². The molecule has 4 nitrogen and oxygen atoms in total. The van der Waals surface area contributed by atoms with Gasteiger partial charge in [-0.2, -0.15) is 4.31 Å². The van der Waals surface area contributed by atoms with Crippen molar-refractivity contribution in [2.75, 3.05) is 18.8 Å². The first kappa shape index (κ1) is 15.9. The van der Waals surface area contributed by atoms with E-state index < -0.39 is 10.0 Å². The first-order chi connectivity index (χ1) is 9.36. The molecule has 0 aromatic heterocycles. The Morgan fingerprint density at radius 1 is 1.30 bits per heavy atom. The van der Waals surface area contributed by atoms with E-state index in [0.29, 0.717) is 24.0 Å². The molecule has 0 unspecified atom stereocenters. The summed E-state index contributed by atoms with van der Waals surface area (Å²) in [6.45, 7) is 3.15. The van der Waals surface area contributed by atoms with Crippen LogP contribution < -0.4 is 5.73 Å². The molecule has 1 aliphatic heterocycles. The van der Waals surface area contributed by atoms with Crippen LogP contribution in [0.2, 0.25) is 10.0 Å². The van der Waals surface area contributed by atoms with E-state index in [1.807, 2.05) is 0 Å². The quantitative estimate of drug-likeness (QED) is 0.860. The van der Waals surface area contributed by atoms with E-state index in [4.69, 9.17) is 28.9 Å². The summed E-state index contributed by atoms with van der Waals surface area (Å²) in [5, 5.41) is 0.406. The minimum absolute atomic E-state index is 0.0292. The molecular weight excluding hydrogens is 319 g/mol. The highest BCUT2D eigenvalue weighted by Crippen LogP contribution is 2.34. The molecule has 1 aromatic rings. The Balaban J connectivity index is 2.32. The summed E-state index contributed by atoms with van der Waals surface area (Å²) in [5.41, 5.74) is 5.89. The van der Waals surface area contributed by atoms with Gasteiger partial charge >= 0.3 is 0 Å². The van der Waals surface area contributed by atoms with E-state index in [-0.39, 0.29) is 15.6 Å². The summed E-state index contributed by atoms with van der Waals surface area (Å²) in [6.07, 6.45) is 2.83. The number of anilines is 1. The first-order valence-corrected chi connectivity index (χ1v) is 8.80. The number of benzene rings is 1. The summed E-state index contributed by atoms with van der Waals surface area (Å²) in [5.74, 6) is 0.597. The zero-order valence-electron chi connectivity index (χ0n) is 11.3. The third kappa shape index (κ3) is 3.06. The molecule has 0 saturated carbocycles. The van der Waals surface area contributed by atoms with Crippen molar-refractivity contribution in [1.82, 2.24) is 4.31 Å². The van der Waals surface area contributed by atoms with Gasteiger partial charge in [0.25, 0.3) is 0 Å². The zero-order valence-corrected chi connectivity index (χ0v) is 13.6. The van der Waals surface area contributed by atoms with Crippen LogP contribution in [0.1, 0.15) is 26.2 Å². The normalized spacial score (nSPS) is 18.4. The van der Waals surface area contributed by atoms with E-state index in [1.165, 1.54) is 16.4 Å². The molecule has 2 rings (SSSR count). The Morgan fingerprint density at radius 3 is 2.40 bits per heavy atom. The lowest BCUT2D eigenvalue weighted by atomic mass is 9.96. The number of hydrogen-bond acceptors (Lipinski definition) is 3. The topological polar surface area (TPSA) is 63.4 Å². The highest BCUT2D eigenvalue weighted by atomic mass is 35.5. The smallest absolute Gasteiger partial charge is 0.246 e. The van der Waals surface area contributed by atoms with Crippen molar-refractivity contribution in [3.63, 3.8) is 0 Å². The second kappa shape index (κ2) is 6.10. The van der Waals surface area contributed by atoms with Crippen LogP contribution in [-0.2, 0) is 10.0 Å². The van der Waals surface area contributed by atoms with Gasteiger partial charge in [0.1, 0.15) is 4.90 Å². The number of nitrogens with two attached hydrogens (primary N) is 1. The molecule has 20 heavy (non-hydrogen) atoms. The van der Waals surface area contributed by atoms with Gasteiger partial charge < -0.3 is 5.73 Å². The Labute approximate surface area is 129 Å². The predicted molar refractivity (Wildman–Crippen MR) is 82.6 cm³/mol. The van der Waals surface area contributed by atoms with Gasteiger partial charge in [-0.15, -0.1) is 0 Å². The van der Waals surface area contributed by atoms with E-state index in [9.17, 15) is 8.42 Å². The fourth-order valence-electron chi connectivity index (χ4n) is 2.54. The molecule has 1 saturated heterocycles. The maximum atomic E-state index is 12.7. The van der Waals surface area contributed by atoms with Gasteiger partial charge in [0.15, 0.2) is 0 Å². The van der Waals surface area contributed by atoms with Gasteiger partial charge in [0, 0.05) is 18.1 Å². The van der Waals surface area contributed by atoms with Gasteiger partial charge in [0.05, 0.1) is 10.7 Å². The third-order valence-corrected chi connectivity index (χ3v) is 6.43. The molecule has 1 aliphatic rings. The number of rotatable bonds is 3. The van der Waals surface area contributed by atoms with Crippen molar-refractivity contribution >= 4 is 38.9 Å². The maximum absolute atomic E-state index is 12.7. The van der Waals surface area contributed by atoms with E-state index >= 15 is 0 Å². The highest BCUT2D eigenvalue weighted by molar-refractivity contribution is 7.89. The van der Waals surface area contributed by atoms with Crippen LogP contribution >= 0.6 is 23.2 Å². The van der Waals surface area contributed by atoms with Crippen molar-refractivity contribution in [3.8, 4) is 0 Å². The molecule has 1 fully saturated rings. The number of nitrogens with zero attached hydrogens (tertiary/aromatic N) is 1. The largest absolute Gasteiger partial charge is 0.398 e. The number of halogens is 2. The SMILES string of the molecule is CCC1CCN(S(=O)(=O)c2c(N)cc(Cl)cc2Cl)CC1. The molecule has 1 heterocycles. The van der Waals surface area contributed by atoms with Crippen LogP contribution in [0.4, 0.5) is 5.69 Å². The maximum Gasteiger partial charge on any atom is 0.246 e.